The number of anilines is 1. The van der Waals surface area contributed by atoms with Crippen LogP contribution in [0.1, 0.15) is 37.2 Å². The Balaban J connectivity index is 2.04. The summed E-state index contributed by atoms with van der Waals surface area (Å²) in [6.07, 6.45) is 0.513. The lowest BCUT2D eigenvalue weighted by molar-refractivity contribution is -0.123. The van der Waals surface area contributed by atoms with Crippen LogP contribution in [0, 0.1) is 5.82 Å². The number of halogens is 2. The van der Waals surface area contributed by atoms with E-state index in [-0.39, 0.29) is 11.6 Å². The van der Waals surface area contributed by atoms with Gasteiger partial charge in [-0.1, -0.05) is 0 Å². The van der Waals surface area contributed by atoms with Gasteiger partial charge in [-0.25, -0.2) is 13.9 Å². The standard InChI is InChI=1S/C16H17BrFN3O3/c1-9(2)21-14(6-7-19-21)20-15(22)10(3)24-16(23)12-8-11(18)4-5-13(12)17/h4-10H,1-3H3,(H,20,22)/t10-/m1/s1. The molecule has 0 aliphatic carbocycles. The fourth-order valence-electron chi connectivity index (χ4n) is 1.98. The summed E-state index contributed by atoms with van der Waals surface area (Å²) in [6.45, 7) is 5.29. The summed E-state index contributed by atoms with van der Waals surface area (Å²) in [5.74, 6) is -1.35. The highest BCUT2D eigenvalue weighted by molar-refractivity contribution is 9.10. The molecule has 1 aromatic carbocycles. The molecular weight excluding hydrogens is 381 g/mol. The van der Waals surface area contributed by atoms with E-state index in [9.17, 15) is 14.0 Å². The van der Waals surface area contributed by atoms with Crippen LogP contribution in [0.25, 0.3) is 0 Å². The van der Waals surface area contributed by atoms with Crippen molar-refractivity contribution in [2.45, 2.75) is 32.9 Å². The summed E-state index contributed by atoms with van der Waals surface area (Å²) < 4.78 is 20.4. The Morgan fingerprint density at radius 2 is 2.00 bits per heavy atom. The molecule has 128 valence electrons. The van der Waals surface area contributed by atoms with Crippen molar-refractivity contribution in [2.75, 3.05) is 5.32 Å². The van der Waals surface area contributed by atoms with Crippen LogP contribution in [-0.2, 0) is 9.53 Å². The van der Waals surface area contributed by atoms with Crippen molar-refractivity contribution in [3.05, 3.63) is 46.3 Å². The third-order valence-electron chi connectivity index (χ3n) is 3.21. The van der Waals surface area contributed by atoms with Gasteiger partial charge in [-0.15, -0.1) is 0 Å². The number of esters is 1. The monoisotopic (exact) mass is 397 g/mol. The fourth-order valence-corrected chi connectivity index (χ4v) is 2.39. The fraction of sp³-hybridized carbons (Fsp3) is 0.312. The van der Waals surface area contributed by atoms with Crippen molar-refractivity contribution in [2.24, 2.45) is 0 Å². The van der Waals surface area contributed by atoms with Crippen LogP contribution in [0.4, 0.5) is 10.2 Å². The number of benzene rings is 1. The van der Waals surface area contributed by atoms with Gasteiger partial charge in [-0.3, -0.25) is 4.79 Å². The van der Waals surface area contributed by atoms with Crippen LogP contribution < -0.4 is 5.32 Å². The molecule has 0 unspecified atom stereocenters. The molecular formula is C16H17BrFN3O3. The first-order chi connectivity index (χ1) is 11.3. The number of nitrogens with one attached hydrogen (secondary N) is 1. The molecule has 1 aromatic heterocycles. The van der Waals surface area contributed by atoms with E-state index in [0.717, 1.165) is 6.07 Å². The van der Waals surface area contributed by atoms with Gasteiger partial charge in [0.15, 0.2) is 6.10 Å². The zero-order valence-electron chi connectivity index (χ0n) is 13.4. The van der Waals surface area contributed by atoms with Gasteiger partial charge in [0.25, 0.3) is 5.91 Å². The lowest BCUT2D eigenvalue weighted by Crippen LogP contribution is -2.31. The van der Waals surface area contributed by atoms with Gasteiger partial charge in [0.05, 0.1) is 11.8 Å². The first-order valence-corrected chi connectivity index (χ1v) is 8.09. The second kappa shape index (κ2) is 7.57. The van der Waals surface area contributed by atoms with Crippen LogP contribution in [0.3, 0.4) is 0 Å². The third kappa shape index (κ3) is 4.19. The third-order valence-corrected chi connectivity index (χ3v) is 3.90. The zero-order valence-corrected chi connectivity index (χ0v) is 15.0. The van der Waals surface area contributed by atoms with Crippen molar-refractivity contribution >= 4 is 33.6 Å². The Morgan fingerprint density at radius 1 is 1.29 bits per heavy atom. The number of hydrogen-bond donors (Lipinski definition) is 1. The number of amides is 1. The Bertz CT molecular complexity index is 761. The summed E-state index contributed by atoms with van der Waals surface area (Å²) in [5.41, 5.74) is 0.0156. The Labute approximate surface area is 147 Å². The van der Waals surface area contributed by atoms with E-state index in [1.54, 1.807) is 16.9 Å². The van der Waals surface area contributed by atoms with E-state index in [1.165, 1.54) is 19.1 Å². The molecule has 0 aliphatic rings. The highest BCUT2D eigenvalue weighted by Gasteiger charge is 2.22. The van der Waals surface area contributed by atoms with Crippen molar-refractivity contribution in [1.82, 2.24) is 9.78 Å². The first-order valence-electron chi connectivity index (χ1n) is 7.30. The van der Waals surface area contributed by atoms with Crippen LogP contribution in [0.2, 0.25) is 0 Å². The quantitative estimate of drug-likeness (QED) is 0.782. The number of ether oxygens (including phenoxy) is 1. The molecule has 0 spiro atoms. The molecule has 24 heavy (non-hydrogen) atoms. The predicted molar refractivity (Wildman–Crippen MR) is 90.2 cm³/mol. The molecule has 0 radical (unpaired) electrons. The second-order valence-electron chi connectivity index (χ2n) is 5.42. The maximum atomic E-state index is 13.3. The lowest BCUT2D eigenvalue weighted by Gasteiger charge is -2.16. The summed E-state index contributed by atoms with van der Waals surface area (Å²) in [4.78, 5) is 24.3. The number of nitrogens with zero attached hydrogens (tertiary/aromatic N) is 2. The minimum atomic E-state index is -1.05. The van der Waals surface area contributed by atoms with E-state index in [4.69, 9.17) is 4.74 Å². The molecule has 6 nitrogen and oxygen atoms in total. The van der Waals surface area contributed by atoms with Gasteiger partial charge in [0.1, 0.15) is 11.6 Å². The van der Waals surface area contributed by atoms with Crippen molar-refractivity contribution < 1.29 is 18.7 Å². The average Bonchev–Trinajstić information content (AvgIpc) is 2.97. The lowest BCUT2D eigenvalue weighted by atomic mass is 10.2. The SMILES string of the molecule is CC(C)n1nccc1NC(=O)[C@@H](C)OC(=O)c1cc(F)ccc1Br. The summed E-state index contributed by atoms with van der Waals surface area (Å²) in [5, 5.41) is 6.76. The Hall–Kier alpha value is -2.22. The number of rotatable bonds is 5. The molecule has 0 aliphatic heterocycles. The first kappa shape index (κ1) is 18.1. The molecule has 2 rings (SSSR count). The zero-order chi connectivity index (χ0) is 17.9. The van der Waals surface area contributed by atoms with Crippen LogP contribution in [0.15, 0.2) is 34.9 Å². The number of carbonyl (C=O) groups excluding carboxylic acids is 2. The molecule has 1 heterocycles. The topological polar surface area (TPSA) is 73.2 Å². The second-order valence-corrected chi connectivity index (χ2v) is 6.27. The van der Waals surface area contributed by atoms with E-state index < -0.39 is 23.8 Å². The highest BCUT2D eigenvalue weighted by Crippen LogP contribution is 2.20. The van der Waals surface area contributed by atoms with Gasteiger partial charge in [-0.2, -0.15) is 5.10 Å². The predicted octanol–water partition coefficient (Wildman–Crippen LogP) is 3.55. The molecule has 0 fully saturated rings. The molecule has 1 atom stereocenters. The largest absolute Gasteiger partial charge is 0.449 e. The molecule has 1 N–H and O–H groups in total. The van der Waals surface area contributed by atoms with Gasteiger partial charge in [0.2, 0.25) is 0 Å². The Kier molecular flexibility index (Phi) is 5.71. The van der Waals surface area contributed by atoms with Gasteiger partial charge >= 0.3 is 5.97 Å². The minimum Gasteiger partial charge on any atom is -0.449 e. The van der Waals surface area contributed by atoms with Crippen molar-refractivity contribution in [3.63, 3.8) is 0 Å². The summed E-state index contributed by atoms with van der Waals surface area (Å²) in [7, 11) is 0. The minimum absolute atomic E-state index is 0.0156. The van der Waals surface area contributed by atoms with Crippen LogP contribution in [0.5, 0.6) is 0 Å². The Morgan fingerprint density at radius 3 is 2.67 bits per heavy atom. The maximum absolute atomic E-state index is 13.3. The van der Waals surface area contributed by atoms with Gasteiger partial charge in [0, 0.05) is 16.6 Å². The van der Waals surface area contributed by atoms with E-state index in [0.29, 0.717) is 10.3 Å². The molecule has 8 heteroatoms. The van der Waals surface area contributed by atoms with E-state index >= 15 is 0 Å². The van der Waals surface area contributed by atoms with Crippen LogP contribution >= 0.6 is 15.9 Å². The van der Waals surface area contributed by atoms with Gasteiger partial charge < -0.3 is 10.1 Å². The average molecular weight is 398 g/mol. The van der Waals surface area contributed by atoms with E-state index in [2.05, 4.69) is 26.3 Å². The summed E-state index contributed by atoms with van der Waals surface area (Å²) >= 11 is 3.15. The molecule has 2 aromatic rings. The van der Waals surface area contributed by atoms with E-state index in [1.807, 2.05) is 13.8 Å². The van der Waals surface area contributed by atoms with Crippen LogP contribution in [-0.4, -0.2) is 27.8 Å². The number of aromatic nitrogens is 2. The normalized spacial score (nSPS) is 12.1. The number of carbonyl (C=O) groups is 2. The molecule has 0 saturated heterocycles. The summed E-state index contributed by atoms with van der Waals surface area (Å²) in [6, 6.07) is 5.37. The maximum Gasteiger partial charge on any atom is 0.340 e. The van der Waals surface area contributed by atoms with Crippen molar-refractivity contribution in [1.29, 1.82) is 0 Å². The molecule has 0 bridgehead atoms. The molecule has 0 saturated carbocycles. The van der Waals surface area contributed by atoms with Crippen molar-refractivity contribution in [3.8, 4) is 0 Å². The molecule has 1 amide bonds. The number of hydrogen-bond acceptors (Lipinski definition) is 4. The highest BCUT2D eigenvalue weighted by atomic mass is 79.9. The smallest absolute Gasteiger partial charge is 0.340 e. The van der Waals surface area contributed by atoms with Gasteiger partial charge in [-0.05, 0) is 54.9 Å².